The number of rotatable bonds is 2. The number of anilines is 1. The van der Waals surface area contributed by atoms with Crippen molar-refractivity contribution in [2.24, 2.45) is 13.0 Å². The van der Waals surface area contributed by atoms with Gasteiger partial charge in [-0.2, -0.15) is 0 Å². The predicted molar refractivity (Wildman–Crippen MR) is 87.9 cm³/mol. The Morgan fingerprint density at radius 2 is 2.20 bits per heavy atom. The summed E-state index contributed by atoms with van der Waals surface area (Å²) < 4.78 is 27.5. The Labute approximate surface area is 143 Å². The maximum atomic E-state index is 14.1. The first kappa shape index (κ1) is 14.8. The van der Waals surface area contributed by atoms with Crippen LogP contribution in [0.3, 0.4) is 0 Å². The molecular formula is C17H18FN5O2. The summed E-state index contributed by atoms with van der Waals surface area (Å²) in [4.78, 5) is 6.73. The normalized spacial score (nSPS) is 25.9. The van der Waals surface area contributed by atoms with Crippen LogP contribution in [0.2, 0.25) is 0 Å². The molecule has 0 spiro atoms. The number of nitrogens with zero attached hydrogens (tertiary/aromatic N) is 5. The van der Waals surface area contributed by atoms with Crippen LogP contribution in [0.1, 0.15) is 11.8 Å². The summed E-state index contributed by atoms with van der Waals surface area (Å²) in [5.74, 6) is 1.88. The van der Waals surface area contributed by atoms with Gasteiger partial charge in [-0.25, -0.2) is 9.37 Å². The number of para-hydroxylation sites is 1. The molecule has 2 aliphatic heterocycles. The highest BCUT2D eigenvalue weighted by Gasteiger charge is 2.56. The minimum atomic E-state index is -0.321. The monoisotopic (exact) mass is 343 g/mol. The molecule has 0 unspecified atom stereocenters. The smallest absolute Gasteiger partial charge is 0.227 e. The average Bonchev–Trinajstić information content (AvgIpc) is 3.30. The van der Waals surface area contributed by atoms with Gasteiger partial charge in [0.15, 0.2) is 5.82 Å². The van der Waals surface area contributed by atoms with Crippen molar-refractivity contribution in [3.8, 4) is 0 Å². The van der Waals surface area contributed by atoms with Crippen molar-refractivity contribution < 1.29 is 13.5 Å². The van der Waals surface area contributed by atoms with E-state index in [1.54, 1.807) is 13.0 Å². The minimum Gasteiger partial charge on any atom is -0.425 e. The fourth-order valence-corrected chi connectivity index (χ4v) is 4.14. The zero-order valence-electron chi connectivity index (χ0n) is 14.1. The molecule has 0 N–H and O–H groups in total. The minimum absolute atomic E-state index is 0.247. The van der Waals surface area contributed by atoms with Crippen molar-refractivity contribution in [1.82, 2.24) is 19.7 Å². The first-order valence-corrected chi connectivity index (χ1v) is 8.33. The van der Waals surface area contributed by atoms with E-state index in [2.05, 4.69) is 20.1 Å². The molecule has 2 fully saturated rings. The van der Waals surface area contributed by atoms with Crippen LogP contribution in [0, 0.1) is 18.7 Å². The van der Waals surface area contributed by atoms with Gasteiger partial charge in [0, 0.05) is 33.0 Å². The third kappa shape index (κ3) is 1.97. The van der Waals surface area contributed by atoms with Crippen LogP contribution >= 0.6 is 0 Å². The molecular weight excluding hydrogens is 325 g/mol. The van der Waals surface area contributed by atoms with Gasteiger partial charge in [-0.3, -0.25) is 0 Å². The highest BCUT2D eigenvalue weighted by molar-refractivity contribution is 5.79. The van der Waals surface area contributed by atoms with Crippen LogP contribution < -0.4 is 4.90 Å². The Kier molecular flexibility index (Phi) is 2.97. The quantitative estimate of drug-likeness (QED) is 0.707. The van der Waals surface area contributed by atoms with Gasteiger partial charge in [-0.1, -0.05) is 6.07 Å². The number of benzene rings is 1. The molecule has 0 amide bonds. The summed E-state index contributed by atoms with van der Waals surface area (Å²) in [6.07, 6.45) is 0. The van der Waals surface area contributed by atoms with E-state index >= 15 is 0 Å². The number of ether oxygens (including phenoxy) is 1. The van der Waals surface area contributed by atoms with Gasteiger partial charge in [-0.05, 0) is 12.1 Å². The van der Waals surface area contributed by atoms with E-state index in [0.717, 1.165) is 18.0 Å². The number of hydrogen-bond acceptors (Lipinski definition) is 6. The molecule has 0 aliphatic carbocycles. The van der Waals surface area contributed by atoms with E-state index in [9.17, 15) is 4.39 Å². The second-order valence-electron chi connectivity index (χ2n) is 6.95. The predicted octanol–water partition coefficient (Wildman–Crippen LogP) is 1.81. The summed E-state index contributed by atoms with van der Waals surface area (Å²) in [7, 11) is 1.91. The Balaban J connectivity index is 1.57. The number of halogens is 1. The summed E-state index contributed by atoms with van der Waals surface area (Å²) in [5.41, 5.74) is 0.861. The first-order valence-electron chi connectivity index (χ1n) is 8.33. The summed E-state index contributed by atoms with van der Waals surface area (Å²) in [6.45, 7) is 4.42. The lowest BCUT2D eigenvalue weighted by atomic mass is 9.81. The molecule has 0 bridgehead atoms. The fraction of sp³-hybridized carbons (Fsp3) is 0.471. The van der Waals surface area contributed by atoms with E-state index in [1.807, 2.05) is 17.7 Å². The maximum Gasteiger partial charge on any atom is 0.227 e. The molecule has 0 saturated carbocycles. The molecule has 2 aliphatic rings. The van der Waals surface area contributed by atoms with E-state index in [0.29, 0.717) is 37.1 Å². The summed E-state index contributed by atoms with van der Waals surface area (Å²) in [5, 5.41) is 8.25. The molecule has 3 aromatic rings. The van der Waals surface area contributed by atoms with E-state index in [4.69, 9.17) is 9.15 Å². The molecule has 2 atom stereocenters. The van der Waals surface area contributed by atoms with Crippen molar-refractivity contribution in [3.63, 3.8) is 0 Å². The van der Waals surface area contributed by atoms with Crippen molar-refractivity contribution in [1.29, 1.82) is 0 Å². The third-order valence-electron chi connectivity index (χ3n) is 5.45. The maximum absolute atomic E-state index is 14.1. The van der Waals surface area contributed by atoms with Crippen LogP contribution in [0.5, 0.6) is 0 Å². The molecule has 2 saturated heterocycles. The van der Waals surface area contributed by atoms with Crippen LogP contribution in [0.15, 0.2) is 22.6 Å². The lowest BCUT2D eigenvalue weighted by Gasteiger charge is -2.23. The molecule has 4 heterocycles. The first-order chi connectivity index (χ1) is 12.1. The van der Waals surface area contributed by atoms with Gasteiger partial charge in [-0.15, -0.1) is 10.2 Å². The Morgan fingerprint density at radius 1 is 1.32 bits per heavy atom. The standard InChI is InChI=1S/C17H18FN5O2/c1-10-20-21-15(25-10)17-8-23(6-11(17)7-24-9-17)16-19-14-12(18)4-3-5-13(14)22(16)2/h3-5,11H,6-9H2,1-2H3/t11-,17-/m0/s1. The van der Waals surface area contributed by atoms with Gasteiger partial charge in [0.05, 0.1) is 24.1 Å². The molecule has 8 heteroatoms. The highest BCUT2D eigenvalue weighted by Crippen LogP contribution is 2.44. The SMILES string of the molecule is Cc1nnc([C@@]23COC[C@@H]2CN(c2nc4c(F)cccc4n2C)C3)o1. The topological polar surface area (TPSA) is 69.2 Å². The van der Waals surface area contributed by atoms with Crippen LogP contribution in [-0.2, 0) is 17.2 Å². The van der Waals surface area contributed by atoms with Crippen molar-refractivity contribution in [2.75, 3.05) is 31.2 Å². The zero-order valence-corrected chi connectivity index (χ0v) is 14.1. The van der Waals surface area contributed by atoms with Crippen molar-refractivity contribution in [3.05, 3.63) is 35.8 Å². The lowest BCUT2D eigenvalue weighted by molar-refractivity contribution is 0.166. The van der Waals surface area contributed by atoms with Crippen LogP contribution in [0.4, 0.5) is 10.3 Å². The Morgan fingerprint density at radius 3 is 2.96 bits per heavy atom. The number of aromatic nitrogens is 4. The van der Waals surface area contributed by atoms with Crippen molar-refractivity contribution in [2.45, 2.75) is 12.3 Å². The van der Waals surface area contributed by atoms with Gasteiger partial charge in [0.25, 0.3) is 0 Å². The molecule has 7 nitrogen and oxygen atoms in total. The van der Waals surface area contributed by atoms with Crippen molar-refractivity contribution >= 4 is 17.0 Å². The number of fused-ring (bicyclic) bond motifs is 2. The second-order valence-corrected chi connectivity index (χ2v) is 6.95. The van der Waals surface area contributed by atoms with E-state index in [-0.39, 0.29) is 17.2 Å². The molecule has 25 heavy (non-hydrogen) atoms. The zero-order chi connectivity index (χ0) is 17.2. The van der Waals surface area contributed by atoms with Gasteiger partial charge < -0.3 is 18.6 Å². The molecule has 5 rings (SSSR count). The van der Waals surface area contributed by atoms with E-state index in [1.165, 1.54) is 6.07 Å². The number of aryl methyl sites for hydroxylation is 2. The Hall–Kier alpha value is -2.48. The van der Waals surface area contributed by atoms with Crippen LogP contribution in [0.25, 0.3) is 11.0 Å². The molecule has 2 aromatic heterocycles. The second kappa shape index (κ2) is 5.01. The number of imidazole rings is 1. The van der Waals surface area contributed by atoms with Crippen LogP contribution in [-0.4, -0.2) is 46.1 Å². The van der Waals surface area contributed by atoms with Gasteiger partial charge in [0.2, 0.25) is 17.7 Å². The number of hydrogen-bond donors (Lipinski definition) is 0. The summed E-state index contributed by atoms with van der Waals surface area (Å²) in [6, 6.07) is 5.03. The summed E-state index contributed by atoms with van der Waals surface area (Å²) >= 11 is 0. The molecule has 1 aromatic carbocycles. The fourth-order valence-electron chi connectivity index (χ4n) is 4.14. The highest BCUT2D eigenvalue weighted by atomic mass is 19.1. The van der Waals surface area contributed by atoms with Gasteiger partial charge in [0.1, 0.15) is 5.52 Å². The Bertz CT molecular complexity index is 967. The average molecular weight is 343 g/mol. The van der Waals surface area contributed by atoms with Gasteiger partial charge >= 0.3 is 0 Å². The van der Waals surface area contributed by atoms with E-state index < -0.39 is 0 Å². The molecule has 130 valence electrons. The lowest BCUT2D eigenvalue weighted by Crippen LogP contribution is -2.36. The third-order valence-corrected chi connectivity index (χ3v) is 5.45. The largest absolute Gasteiger partial charge is 0.425 e. The molecule has 0 radical (unpaired) electrons.